The highest BCUT2D eigenvalue weighted by molar-refractivity contribution is 5.29. The van der Waals surface area contributed by atoms with Gasteiger partial charge in [0.1, 0.15) is 0 Å². The number of nitrogens with two attached hydrogens (primary N) is 1. The van der Waals surface area contributed by atoms with E-state index in [4.69, 9.17) is 5.73 Å². The standard InChI is InChI=1S/C12H17N/c13-12(8-4-1-5-9-12)10-11-6-2-3-7-11/h1,4-5,8,10H,2-3,6-7,9,13H2. The first kappa shape index (κ1) is 8.76. The van der Waals surface area contributed by atoms with Crippen LogP contribution < -0.4 is 5.73 Å². The molecule has 2 aliphatic rings. The smallest absolute Gasteiger partial charge is 0.0565 e. The molecule has 0 radical (unpaired) electrons. The monoisotopic (exact) mass is 175 g/mol. The van der Waals surface area contributed by atoms with Gasteiger partial charge in [-0.05, 0) is 32.1 Å². The van der Waals surface area contributed by atoms with Crippen molar-refractivity contribution in [2.24, 2.45) is 5.73 Å². The summed E-state index contributed by atoms with van der Waals surface area (Å²) in [4.78, 5) is 0. The van der Waals surface area contributed by atoms with Crippen LogP contribution in [0.1, 0.15) is 32.1 Å². The molecule has 0 bridgehead atoms. The lowest BCUT2D eigenvalue weighted by molar-refractivity contribution is 0.652. The lowest BCUT2D eigenvalue weighted by atomic mass is 9.90. The lowest BCUT2D eigenvalue weighted by Gasteiger charge is -2.23. The van der Waals surface area contributed by atoms with E-state index in [0.717, 1.165) is 6.42 Å². The van der Waals surface area contributed by atoms with Crippen LogP contribution in [-0.4, -0.2) is 5.54 Å². The van der Waals surface area contributed by atoms with Gasteiger partial charge in [0.2, 0.25) is 0 Å². The Morgan fingerprint density at radius 1 is 1.23 bits per heavy atom. The fraction of sp³-hybridized carbons (Fsp3) is 0.500. The third-order valence-corrected chi connectivity index (χ3v) is 2.84. The van der Waals surface area contributed by atoms with Crippen LogP contribution in [0.2, 0.25) is 0 Å². The summed E-state index contributed by atoms with van der Waals surface area (Å²) >= 11 is 0. The Morgan fingerprint density at radius 2 is 2.00 bits per heavy atom. The van der Waals surface area contributed by atoms with Gasteiger partial charge in [-0.1, -0.05) is 36.0 Å². The van der Waals surface area contributed by atoms with Crippen molar-refractivity contribution < 1.29 is 0 Å². The van der Waals surface area contributed by atoms with Gasteiger partial charge in [0.05, 0.1) is 5.54 Å². The van der Waals surface area contributed by atoms with E-state index in [2.05, 4.69) is 30.4 Å². The predicted octanol–water partition coefficient (Wildman–Crippen LogP) is 2.70. The van der Waals surface area contributed by atoms with Crippen molar-refractivity contribution in [3.63, 3.8) is 0 Å². The highest BCUT2D eigenvalue weighted by atomic mass is 14.7. The average Bonchev–Trinajstić information content (AvgIpc) is 2.57. The van der Waals surface area contributed by atoms with Crippen LogP contribution in [0.15, 0.2) is 36.0 Å². The topological polar surface area (TPSA) is 26.0 Å². The maximum Gasteiger partial charge on any atom is 0.0565 e. The van der Waals surface area contributed by atoms with Crippen LogP contribution in [0, 0.1) is 0 Å². The Morgan fingerprint density at radius 3 is 2.62 bits per heavy atom. The van der Waals surface area contributed by atoms with E-state index in [-0.39, 0.29) is 5.54 Å². The molecule has 0 aromatic rings. The first-order chi connectivity index (χ1) is 6.29. The molecular formula is C12H17N. The van der Waals surface area contributed by atoms with Gasteiger partial charge in [-0.25, -0.2) is 0 Å². The normalized spacial score (nSPS) is 32.5. The molecular weight excluding hydrogens is 158 g/mol. The van der Waals surface area contributed by atoms with Crippen molar-refractivity contribution in [3.8, 4) is 0 Å². The van der Waals surface area contributed by atoms with E-state index in [0.29, 0.717) is 0 Å². The molecule has 0 aromatic carbocycles. The van der Waals surface area contributed by atoms with Crippen molar-refractivity contribution in [1.82, 2.24) is 0 Å². The largest absolute Gasteiger partial charge is 0.318 e. The van der Waals surface area contributed by atoms with Crippen molar-refractivity contribution in [1.29, 1.82) is 0 Å². The van der Waals surface area contributed by atoms with Crippen molar-refractivity contribution in [2.45, 2.75) is 37.6 Å². The van der Waals surface area contributed by atoms with Gasteiger partial charge in [0, 0.05) is 0 Å². The summed E-state index contributed by atoms with van der Waals surface area (Å²) in [6, 6.07) is 0. The second-order valence-corrected chi connectivity index (χ2v) is 4.11. The molecule has 2 aliphatic carbocycles. The van der Waals surface area contributed by atoms with Gasteiger partial charge in [0.15, 0.2) is 0 Å². The van der Waals surface area contributed by atoms with Gasteiger partial charge in [-0.15, -0.1) is 0 Å². The highest BCUT2D eigenvalue weighted by Crippen LogP contribution is 2.28. The summed E-state index contributed by atoms with van der Waals surface area (Å²) in [7, 11) is 0. The zero-order valence-electron chi connectivity index (χ0n) is 8.00. The minimum atomic E-state index is -0.186. The van der Waals surface area contributed by atoms with Crippen molar-refractivity contribution in [3.05, 3.63) is 36.0 Å². The molecule has 2 N–H and O–H groups in total. The summed E-state index contributed by atoms with van der Waals surface area (Å²) in [6.45, 7) is 0. The van der Waals surface area contributed by atoms with E-state index in [1.165, 1.54) is 25.7 Å². The van der Waals surface area contributed by atoms with Gasteiger partial charge in [0.25, 0.3) is 0 Å². The third kappa shape index (κ3) is 2.10. The van der Waals surface area contributed by atoms with Crippen LogP contribution in [0.3, 0.4) is 0 Å². The van der Waals surface area contributed by atoms with E-state index >= 15 is 0 Å². The summed E-state index contributed by atoms with van der Waals surface area (Å²) in [5.41, 5.74) is 7.60. The molecule has 1 nitrogen and oxygen atoms in total. The molecule has 70 valence electrons. The fourth-order valence-corrected chi connectivity index (χ4v) is 2.11. The maximum atomic E-state index is 6.22. The molecule has 2 rings (SSSR count). The molecule has 0 saturated heterocycles. The molecule has 0 spiro atoms. The van der Waals surface area contributed by atoms with E-state index in [1.807, 2.05) is 0 Å². The molecule has 1 atom stereocenters. The van der Waals surface area contributed by atoms with E-state index < -0.39 is 0 Å². The second-order valence-electron chi connectivity index (χ2n) is 4.11. The molecule has 1 saturated carbocycles. The Kier molecular flexibility index (Phi) is 2.36. The van der Waals surface area contributed by atoms with Crippen LogP contribution in [0.5, 0.6) is 0 Å². The number of allylic oxidation sites excluding steroid dienone is 3. The predicted molar refractivity (Wildman–Crippen MR) is 56.4 cm³/mol. The summed E-state index contributed by atoms with van der Waals surface area (Å²) < 4.78 is 0. The zero-order chi connectivity index (χ0) is 9.15. The Balaban J connectivity index is 2.11. The SMILES string of the molecule is NC1(C=C2CCCC2)C=CC=CC1. The van der Waals surface area contributed by atoms with Crippen LogP contribution >= 0.6 is 0 Å². The Labute approximate surface area is 80.0 Å². The van der Waals surface area contributed by atoms with Gasteiger partial charge < -0.3 is 5.73 Å². The highest BCUT2D eigenvalue weighted by Gasteiger charge is 2.20. The average molecular weight is 175 g/mol. The third-order valence-electron chi connectivity index (χ3n) is 2.84. The first-order valence-electron chi connectivity index (χ1n) is 5.12. The minimum Gasteiger partial charge on any atom is -0.318 e. The zero-order valence-corrected chi connectivity index (χ0v) is 8.00. The Hall–Kier alpha value is -0.820. The molecule has 1 unspecified atom stereocenters. The summed E-state index contributed by atoms with van der Waals surface area (Å²) in [6.07, 6.45) is 16.8. The molecule has 13 heavy (non-hydrogen) atoms. The second kappa shape index (κ2) is 3.51. The van der Waals surface area contributed by atoms with Crippen LogP contribution in [0.4, 0.5) is 0 Å². The minimum absolute atomic E-state index is 0.186. The lowest BCUT2D eigenvalue weighted by Crippen LogP contribution is -2.35. The van der Waals surface area contributed by atoms with Gasteiger partial charge in [-0.2, -0.15) is 0 Å². The quantitative estimate of drug-likeness (QED) is 0.609. The molecule has 0 aliphatic heterocycles. The van der Waals surface area contributed by atoms with Crippen molar-refractivity contribution >= 4 is 0 Å². The fourth-order valence-electron chi connectivity index (χ4n) is 2.11. The Bertz CT molecular complexity index is 265. The maximum absolute atomic E-state index is 6.22. The van der Waals surface area contributed by atoms with E-state index in [9.17, 15) is 0 Å². The molecule has 0 aromatic heterocycles. The molecule has 1 heteroatoms. The van der Waals surface area contributed by atoms with Gasteiger partial charge in [-0.3, -0.25) is 0 Å². The molecule has 1 fully saturated rings. The van der Waals surface area contributed by atoms with Crippen LogP contribution in [-0.2, 0) is 0 Å². The first-order valence-corrected chi connectivity index (χ1v) is 5.12. The molecule has 0 amide bonds. The van der Waals surface area contributed by atoms with E-state index in [1.54, 1.807) is 5.57 Å². The molecule has 0 heterocycles. The number of hydrogen-bond donors (Lipinski definition) is 1. The van der Waals surface area contributed by atoms with Gasteiger partial charge >= 0.3 is 0 Å². The number of hydrogen-bond acceptors (Lipinski definition) is 1. The van der Waals surface area contributed by atoms with Crippen molar-refractivity contribution in [2.75, 3.05) is 0 Å². The number of rotatable bonds is 1. The summed E-state index contributed by atoms with van der Waals surface area (Å²) in [5, 5.41) is 0. The van der Waals surface area contributed by atoms with Crippen LogP contribution in [0.25, 0.3) is 0 Å². The summed E-state index contributed by atoms with van der Waals surface area (Å²) in [5.74, 6) is 0.